The first kappa shape index (κ1) is 15.2. The lowest BCUT2D eigenvalue weighted by Crippen LogP contribution is -2.36. The van der Waals surface area contributed by atoms with E-state index in [4.69, 9.17) is 5.11 Å². The van der Waals surface area contributed by atoms with Gasteiger partial charge in [-0.3, -0.25) is 0 Å². The highest BCUT2D eigenvalue weighted by molar-refractivity contribution is 5.28. The van der Waals surface area contributed by atoms with Crippen LogP contribution in [0.5, 0.6) is 0 Å². The second-order valence-electron chi connectivity index (χ2n) is 5.84. The van der Waals surface area contributed by atoms with Crippen LogP contribution in [0.2, 0.25) is 0 Å². The van der Waals surface area contributed by atoms with Gasteiger partial charge in [-0.15, -0.1) is 0 Å². The molecule has 18 heavy (non-hydrogen) atoms. The van der Waals surface area contributed by atoms with Crippen molar-refractivity contribution < 1.29 is 5.11 Å². The predicted octanol–water partition coefficient (Wildman–Crippen LogP) is 2.88. The average Bonchev–Trinajstić information content (AvgIpc) is 2.34. The van der Waals surface area contributed by atoms with Gasteiger partial charge in [0.1, 0.15) is 0 Å². The Labute approximate surface area is 111 Å². The van der Waals surface area contributed by atoms with Crippen LogP contribution in [0.1, 0.15) is 38.3 Å². The third-order valence-corrected chi connectivity index (χ3v) is 3.64. The monoisotopic (exact) mass is 249 g/mol. The molecule has 1 rings (SSSR count). The summed E-state index contributed by atoms with van der Waals surface area (Å²) in [7, 11) is 0. The summed E-state index contributed by atoms with van der Waals surface area (Å²) in [4.78, 5) is 0. The number of nitrogens with one attached hydrogen (secondary N) is 1. The molecule has 0 aromatic heterocycles. The molecule has 102 valence electrons. The van der Waals surface area contributed by atoms with E-state index in [1.807, 2.05) is 0 Å². The zero-order valence-corrected chi connectivity index (χ0v) is 12.2. The van der Waals surface area contributed by atoms with E-state index >= 15 is 0 Å². The van der Waals surface area contributed by atoms with Crippen LogP contribution in [0.25, 0.3) is 0 Å². The zero-order chi connectivity index (χ0) is 13.6. The molecule has 1 atom stereocenters. The Morgan fingerprint density at radius 2 is 2.06 bits per heavy atom. The topological polar surface area (TPSA) is 32.3 Å². The molecule has 1 aromatic rings. The Morgan fingerprint density at radius 3 is 2.61 bits per heavy atom. The van der Waals surface area contributed by atoms with Gasteiger partial charge >= 0.3 is 0 Å². The SMILES string of the molecule is CCC(CO)CNCC(C)(C)c1cccc(C)c1. The van der Waals surface area contributed by atoms with Crippen LogP contribution in [-0.4, -0.2) is 24.8 Å². The van der Waals surface area contributed by atoms with E-state index < -0.39 is 0 Å². The van der Waals surface area contributed by atoms with Crippen molar-refractivity contribution in [1.29, 1.82) is 0 Å². The standard InChI is InChI=1S/C16H27NO/c1-5-14(11-18)10-17-12-16(3,4)15-8-6-7-13(2)9-15/h6-9,14,17-18H,5,10-12H2,1-4H3. The molecule has 0 aliphatic rings. The van der Waals surface area contributed by atoms with Crippen LogP contribution in [0, 0.1) is 12.8 Å². The zero-order valence-electron chi connectivity index (χ0n) is 12.2. The van der Waals surface area contributed by atoms with Crippen LogP contribution in [0.3, 0.4) is 0 Å². The molecular weight excluding hydrogens is 222 g/mol. The van der Waals surface area contributed by atoms with Gasteiger partial charge in [-0.25, -0.2) is 0 Å². The summed E-state index contributed by atoms with van der Waals surface area (Å²) < 4.78 is 0. The fourth-order valence-corrected chi connectivity index (χ4v) is 2.09. The summed E-state index contributed by atoms with van der Waals surface area (Å²) in [6.07, 6.45) is 1.02. The number of rotatable bonds is 7. The first-order chi connectivity index (χ1) is 8.49. The van der Waals surface area contributed by atoms with Crippen LogP contribution in [0.15, 0.2) is 24.3 Å². The van der Waals surface area contributed by atoms with Gasteiger partial charge in [-0.2, -0.15) is 0 Å². The lowest BCUT2D eigenvalue weighted by molar-refractivity contribution is 0.216. The first-order valence-electron chi connectivity index (χ1n) is 6.88. The molecule has 0 saturated carbocycles. The van der Waals surface area contributed by atoms with Crippen molar-refractivity contribution in [2.24, 2.45) is 5.92 Å². The third-order valence-electron chi connectivity index (χ3n) is 3.64. The molecular formula is C16H27NO. The van der Waals surface area contributed by atoms with E-state index in [9.17, 15) is 0 Å². The Kier molecular flexibility index (Phi) is 5.83. The maximum absolute atomic E-state index is 9.17. The number of aliphatic hydroxyl groups excluding tert-OH is 1. The molecule has 0 aliphatic heterocycles. The van der Waals surface area contributed by atoms with Crippen LogP contribution in [-0.2, 0) is 5.41 Å². The third kappa shape index (κ3) is 4.43. The summed E-state index contributed by atoms with van der Waals surface area (Å²) in [6.45, 7) is 10.9. The second kappa shape index (κ2) is 6.91. The van der Waals surface area contributed by atoms with Crippen LogP contribution < -0.4 is 5.32 Å². The van der Waals surface area contributed by atoms with E-state index in [0.717, 1.165) is 19.5 Å². The largest absolute Gasteiger partial charge is 0.396 e. The summed E-state index contributed by atoms with van der Waals surface area (Å²) in [5.74, 6) is 0.373. The summed E-state index contributed by atoms with van der Waals surface area (Å²) >= 11 is 0. The average molecular weight is 249 g/mol. The summed E-state index contributed by atoms with van der Waals surface area (Å²) in [5, 5.41) is 12.7. The molecule has 0 bridgehead atoms. The van der Waals surface area contributed by atoms with Crippen LogP contribution in [0.4, 0.5) is 0 Å². The normalized spacial score (nSPS) is 13.6. The molecule has 2 nitrogen and oxygen atoms in total. The molecule has 0 amide bonds. The minimum atomic E-state index is 0.125. The molecule has 0 heterocycles. The van der Waals surface area contributed by atoms with E-state index in [1.54, 1.807) is 0 Å². The molecule has 0 spiro atoms. The van der Waals surface area contributed by atoms with Gasteiger partial charge in [0.25, 0.3) is 0 Å². The molecule has 2 heteroatoms. The van der Waals surface area contributed by atoms with Crippen molar-refractivity contribution >= 4 is 0 Å². The maximum atomic E-state index is 9.17. The Hall–Kier alpha value is -0.860. The Bertz CT molecular complexity index is 356. The quantitative estimate of drug-likeness (QED) is 0.779. The molecule has 1 aromatic carbocycles. The van der Waals surface area contributed by atoms with Gasteiger partial charge in [-0.1, -0.05) is 50.6 Å². The summed E-state index contributed by atoms with van der Waals surface area (Å²) in [6, 6.07) is 8.70. The van der Waals surface area contributed by atoms with Gasteiger partial charge in [0.2, 0.25) is 0 Å². The fourth-order valence-electron chi connectivity index (χ4n) is 2.09. The van der Waals surface area contributed by atoms with Crippen LogP contribution >= 0.6 is 0 Å². The predicted molar refractivity (Wildman–Crippen MR) is 77.9 cm³/mol. The van der Waals surface area contributed by atoms with Gasteiger partial charge in [-0.05, 0) is 24.8 Å². The van der Waals surface area contributed by atoms with E-state index in [2.05, 4.69) is 57.3 Å². The van der Waals surface area contributed by atoms with Crippen molar-refractivity contribution in [1.82, 2.24) is 5.32 Å². The minimum Gasteiger partial charge on any atom is -0.396 e. The molecule has 0 fully saturated rings. The van der Waals surface area contributed by atoms with Gasteiger partial charge in [0, 0.05) is 25.1 Å². The van der Waals surface area contributed by atoms with E-state index in [-0.39, 0.29) is 12.0 Å². The van der Waals surface area contributed by atoms with Crippen molar-refractivity contribution in [3.8, 4) is 0 Å². The van der Waals surface area contributed by atoms with Crippen molar-refractivity contribution in [3.63, 3.8) is 0 Å². The second-order valence-corrected chi connectivity index (χ2v) is 5.84. The lowest BCUT2D eigenvalue weighted by atomic mass is 9.84. The highest BCUT2D eigenvalue weighted by atomic mass is 16.3. The molecule has 0 aliphatic carbocycles. The van der Waals surface area contributed by atoms with Crippen molar-refractivity contribution in [2.75, 3.05) is 19.7 Å². The molecule has 2 N–H and O–H groups in total. The number of aryl methyl sites for hydroxylation is 1. The summed E-state index contributed by atoms with van der Waals surface area (Å²) in [5.41, 5.74) is 2.80. The highest BCUT2D eigenvalue weighted by Gasteiger charge is 2.20. The Morgan fingerprint density at radius 1 is 1.33 bits per heavy atom. The Balaban J connectivity index is 2.54. The molecule has 1 unspecified atom stereocenters. The number of aliphatic hydroxyl groups is 1. The highest BCUT2D eigenvalue weighted by Crippen LogP contribution is 2.23. The molecule has 0 radical (unpaired) electrons. The smallest absolute Gasteiger partial charge is 0.0471 e. The number of hydrogen-bond donors (Lipinski definition) is 2. The minimum absolute atomic E-state index is 0.125. The van der Waals surface area contributed by atoms with Gasteiger partial charge < -0.3 is 10.4 Å². The molecule has 0 saturated heterocycles. The fraction of sp³-hybridized carbons (Fsp3) is 0.625. The van der Waals surface area contributed by atoms with Crippen molar-refractivity contribution in [2.45, 2.75) is 39.5 Å². The van der Waals surface area contributed by atoms with Crippen molar-refractivity contribution in [3.05, 3.63) is 35.4 Å². The first-order valence-corrected chi connectivity index (χ1v) is 6.88. The van der Waals surface area contributed by atoms with Gasteiger partial charge in [0.15, 0.2) is 0 Å². The number of hydrogen-bond acceptors (Lipinski definition) is 2. The number of benzene rings is 1. The van der Waals surface area contributed by atoms with E-state index in [1.165, 1.54) is 11.1 Å². The lowest BCUT2D eigenvalue weighted by Gasteiger charge is -2.27. The van der Waals surface area contributed by atoms with Gasteiger partial charge in [0.05, 0.1) is 0 Å². The van der Waals surface area contributed by atoms with E-state index in [0.29, 0.717) is 5.92 Å². The maximum Gasteiger partial charge on any atom is 0.0471 e.